The maximum Gasteiger partial charge on any atom is 0.191 e. The highest BCUT2D eigenvalue weighted by atomic mass is 127. The molecule has 1 aromatic heterocycles. The van der Waals surface area contributed by atoms with E-state index in [2.05, 4.69) is 57.0 Å². The normalized spacial score (nSPS) is 12.1. The van der Waals surface area contributed by atoms with Crippen LogP contribution in [0.2, 0.25) is 0 Å². The minimum atomic E-state index is 0. The van der Waals surface area contributed by atoms with E-state index in [0.29, 0.717) is 12.6 Å². The third-order valence-electron chi connectivity index (χ3n) is 4.38. The Kier molecular flexibility index (Phi) is 8.93. The minimum Gasteiger partial charge on any atom is -0.354 e. The number of para-hydroxylation sites is 1. The van der Waals surface area contributed by atoms with Crippen LogP contribution in [0.4, 0.5) is 0 Å². The van der Waals surface area contributed by atoms with Gasteiger partial charge in [0.1, 0.15) is 6.33 Å². The molecule has 2 N–H and O–H groups in total. The van der Waals surface area contributed by atoms with E-state index in [4.69, 9.17) is 0 Å². The van der Waals surface area contributed by atoms with Gasteiger partial charge in [-0.3, -0.25) is 9.56 Å². The van der Waals surface area contributed by atoms with Gasteiger partial charge in [0.2, 0.25) is 0 Å². The lowest BCUT2D eigenvalue weighted by Crippen LogP contribution is -2.42. The summed E-state index contributed by atoms with van der Waals surface area (Å²) in [5.74, 6) is 1.60. The van der Waals surface area contributed by atoms with Gasteiger partial charge >= 0.3 is 0 Å². The van der Waals surface area contributed by atoms with Crippen LogP contribution in [0, 0.1) is 0 Å². The van der Waals surface area contributed by atoms with Gasteiger partial charge < -0.3 is 10.6 Å². The van der Waals surface area contributed by atoms with Crippen LogP contribution >= 0.6 is 24.0 Å². The monoisotopic (exact) mass is 490 g/mol. The summed E-state index contributed by atoms with van der Waals surface area (Å²) < 4.78 is 1.97. The Morgan fingerprint density at radius 1 is 1.07 bits per heavy atom. The van der Waals surface area contributed by atoms with Crippen molar-refractivity contribution < 1.29 is 0 Å². The number of hydrogen-bond donors (Lipinski definition) is 2. The maximum atomic E-state index is 4.32. The van der Waals surface area contributed by atoms with Gasteiger partial charge in [-0.2, -0.15) is 0 Å². The zero-order chi connectivity index (χ0) is 18.9. The van der Waals surface area contributed by atoms with E-state index in [1.54, 1.807) is 13.4 Å². The van der Waals surface area contributed by atoms with Crippen molar-refractivity contribution in [3.8, 4) is 5.69 Å². The van der Waals surface area contributed by atoms with Crippen LogP contribution in [0.15, 0.2) is 72.0 Å². The lowest BCUT2D eigenvalue weighted by Gasteiger charge is -2.18. The van der Waals surface area contributed by atoms with E-state index in [1.165, 1.54) is 5.56 Å². The third kappa shape index (κ3) is 6.33. The Bertz CT molecular complexity index is 848. The minimum absolute atomic E-state index is 0. The number of aromatic nitrogens is 3. The predicted octanol–water partition coefficient (Wildman–Crippen LogP) is 3.57. The molecule has 2 aromatic carbocycles. The molecule has 3 rings (SSSR count). The lowest BCUT2D eigenvalue weighted by molar-refractivity contribution is 0.591. The van der Waals surface area contributed by atoms with Crippen molar-refractivity contribution in [3.63, 3.8) is 0 Å². The number of aliphatic imine (C=N–C) groups is 1. The number of halogens is 1. The summed E-state index contributed by atoms with van der Waals surface area (Å²) in [6.45, 7) is 2.71. The molecule has 0 radical (unpaired) electrons. The molecule has 0 aliphatic heterocycles. The molecule has 3 aromatic rings. The molecule has 0 aliphatic carbocycles. The first kappa shape index (κ1) is 21.9. The van der Waals surface area contributed by atoms with Gasteiger partial charge in [0.15, 0.2) is 11.8 Å². The van der Waals surface area contributed by atoms with Gasteiger partial charge in [0.25, 0.3) is 0 Å². The van der Waals surface area contributed by atoms with E-state index in [1.807, 2.05) is 41.0 Å². The molecule has 1 heterocycles. The molecule has 0 saturated carbocycles. The summed E-state index contributed by atoms with van der Waals surface area (Å²) in [6.07, 6.45) is 3.80. The van der Waals surface area contributed by atoms with Crippen LogP contribution in [0.3, 0.4) is 0 Å². The molecular weight excluding hydrogens is 463 g/mol. The van der Waals surface area contributed by atoms with Crippen LogP contribution in [-0.2, 0) is 13.0 Å². The van der Waals surface area contributed by atoms with E-state index < -0.39 is 0 Å². The zero-order valence-corrected chi connectivity index (χ0v) is 18.6. The molecule has 148 valence electrons. The smallest absolute Gasteiger partial charge is 0.191 e. The van der Waals surface area contributed by atoms with Crippen molar-refractivity contribution in [3.05, 3.63) is 78.4 Å². The van der Waals surface area contributed by atoms with E-state index in [-0.39, 0.29) is 24.0 Å². The number of nitrogens with zero attached hydrogens (tertiary/aromatic N) is 4. The first-order chi connectivity index (χ1) is 13.3. The van der Waals surface area contributed by atoms with Gasteiger partial charge in [-0.15, -0.1) is 34.2 Å². The van der Waals surface area contributed by atoms with Gasteiger partial charge in [-0.25, -0.2) is 0 Å². The summed E-state index contributed by atoms with van der Waals surface area (Å²) >= 11 is 0. The van der Waals surface area contributed by atoms with Crippen molar-refractivity contribution in [2.75, 3.05) is 7.05 Å². The van der Waals surface area contributed by atoms with Gasteiger partial charge in [-0.1, -0.05) is 48.5 Å². The fourth-order valence-electron chi connectivity index (χ4n) is 2.87. The molecular formula is C21H27IN6. The number of benzene rings is 2. The summed E-state index contributed by atoms with van der Waals surface area (Å²) in [5, 5.41) is 15.0. The second kappa shape index (κ2) is 11.4. The second-order valence-corrected chi connectivity index (χ2v) is 6.45. The Balaban J connectivity index is 0.00000280. The van der Waals surface area contributed by atoms with Crippen molar-refractivity contribution in [2.45, 2.75) is 32.4 Å². The van der Waals surface area contributed by atoms with Crippen molar-refractivity contribution in [1.82, 2.24) is 25.4 Å². The largest absolute Gasteiger partial charge is 0.354 e. The summed E-state index contributed by atoms with van der Waals surface area (Å²) in [7, 11) is 1.78. The first-order valence-corrected chi connectivity index (χ1v) is 9.21. The lowest BCUT2D eigenvalue weighted by atomic mass is 10.1. The molecule has 1 atom stereocenters. The van der Waals surface area contributed by atoms with E-state index >= 15 is 0 Å². The molecule has 0 amide bonds. The number of rotatable bonds is 7. The molecule has 0 fully saturated rings. The van der Waals surface area contributed by atoms with Crippen LogP contribution < -0.4 is 10.6 Å². The highest BCUT2D eigenvalue weighted by Gasteiger charge is 2.09. The van der Waals surface area contributed by atoms with Crippen LogP contribution in [-0.4, -0.2) is 33.8 Å². The molecule has 0 aliphatic rings. The van der Waals surface area contributed by atoms with Gasteiger partial charge in [0, 0.05) is 18.8 Å². The fraction of sp³-hybridized carbons (Fsp3) is 0.286. The number of guanidine groups is 1. The Morgan fingerprint density at radius 3 is 2.43 bits per heavy atom. The van der Waals surface area contributed by atoms with Crippen molar-refractivity contribution >= 4 is 29.9 Å². The van der Waals surface area contributed by atoms with Crippen LogP contribution in [0.5, 0.6) is 0 Å². The summed E-state index contributed by atoms with van der Waals surface area (Å²) in [5.41, 5.74) is 2.39. The predicted molar refractivity (Wildman–Crippen MR) is 124 cm³/mol. The number of nitrogens with one attached hydrogen (secondary N) is 2. The van der Waals surface area contributed by atoms with Crippen molar-refractivity contribution in [2.24, 2.45) is 4.99 Å². The molecule has 1 unspecified atom stereocenters. The Morgan fingerprint density at radius 2 is 1.75 bits per heavy atom. The highest BCUT2D eigenvalue weighted by Crippen LogP contribution is 2.09. The molecule has 7 heteroatoms. The van der Waals surface area contributed by atoms with E-state index in [9.17, 15) is 0 Å². The average Bonchev–Trinajstić information content (AvgIpc) is 3.19. The van der Waals surface area contributed by atoms with Crippen LogP contribution in [0.1, 0.15) is 24.7 Å². The summed E-state index contributed by atoms with van der Waals surface area (Å²) in [4.78, 5) is 4.32. The number of aryl methyl sites for hydroxylation is 1. The molecule has 0 saturated heterocycles. The van der Waals surface area contributed by atoms with Gasteiger partial charge in [-0.05, 0) is 37.5 Å². The van der Waals surface area contributed by atoms with Gasteiger partial charge in [0.05, 0.1) is 6.54 Å². The van der Waals surface area contributed by atoms with Crippen LogP contribution in [0.25, 0.3) is 5.69 Å². The fourth-order valence-corrected chi connectivity index (χ4v) is 2.87. The molecule has 0 spiro atoms. The van der Waals surface area contributed by atoms with E-state index in [0.717, 1.165) is 30.3 Å². The molecule has 6 nitrogen and oxygen atoms in total. The Labute approximate surface area is 183 Å². The first-order valence-electron chi connectivity index (χ1n) is 9.21. The topological polar surface area (TPSA) is 67.1 Å². The SMILES string of the molecule is CN=C(NCc1nncn1-c1ccccc1)NC(C)CCc1ccccc1.I. The standard InChI is InChI=1S/C21H26N6.HI/c1-17(13-14-18-9-5-3-6-10-18)25-21(22-2)23-15-20-26-24-16-27(20)19-11-7-4-8-12-19;/h3-12,16-17H,13-15H2,1-2H3,(H2,22,23,25);1H. The third-order valence-corrected chi connectivity index (χ3v) is 4.38. The molecule has 28 heavy (non-hydrogen) atoms. The second-order valence-electron chi connectivity index (χ2n) is 6.45. The quantitative estimate of drug-likeness (QED) is 0.302. The summed E-state index contributed by atoms with van der Waals surface area (Å²) in [6, 6.07) is 20.9. The van der Waals surface area contributed by atoms with Crippen molar-refractivity contribution in [1.29, 1.82) is 0 Å². The maximum absolute atomic E-state index is 4.32. The zero-order valence-electron chi connectivity index (χ0n) is 16.2. The number of hydrogen-bond acceptors (Lipinski definition) is 3. The highest BCUT2D eigenvalue weighted by molar-refractivity contribution is 14.0. The average molecular weight is 490 g/mol. The Hall–Kier alpha value is -2.42. The molecule has 0 bridgehead atoms.